The summed E-state index contributed by atoms with van der Waals surface area (Å²) in [4.78, 5) is 11.1. The van der Waals surface area contributed by atoms with Gasteiger partial charge in [-0.2, -0.15) is 10.4 Å². The van der Waals surface area contributed by atoms with E-state index in [1.807, 2.05) is 49.9 Å². The van der Waals surface area contributed by atoms with Crippen LogP contribution in [0, 0.1) is 11.3 Å². The van der Waals surface area contributed by atoms with E-state index in [2.05, 4.69) is 15.7 Å². The van der Waals surface area contributed by atoms with Gasteiger partial charge in [-0.3, -0.25) is 4.68 Å². The maximum atomic E-state index is 11.1. The zero-order valence-corrected chi connectivity index (χ0v) is 16.8. The minimum Gasteiger partial charge on any atom is -0.478 e. The van der Waals surface area contributed by atoms with Crippen molar-refractivity contribution in [2.75, 3.05) is 0 Å². The lowest BCUT2D eigenvalue weighted by atomic mass is 10.0. The molecule has 0 aliphatic carbocycles. The summed E-state index contributed by atoms with van der Waals surface area (Å²) in [5.74, 6) is -1.00. The number of carbonyl (C=O) groups is 1. The van der Waals surface area contributed by atoms with Crippen LogP contribution in [0.25, 0.3) is 22.6 Å². The second-order valence-corrected chi connectivity index (χ2v) is 7.38. The van der Waals surface area contributed by atoms with Crippen LogP contribution in [0.5, 0.6) is 0 Å². The number of halogens is 1. The van der Waals surface area contributed by atoms with Crippen molar-refractivity contribution in [3.05, 3.63) is 88.3 Å². The number of hydrogen-bond donors (Lipinski definition) is 1. The van der Waals surface area contributed by atoms with Gasteiger partial charge in [-0.15, -0.1) is 0 Å². The molecule has 30 heavy (non-hydrogen) atoms. The number of nitrogens with zero attached hydrogens (tertiary/aromatic N) is 4. The van der Waals surface area contributed by atoms with E-state index in [-0.39, 0.29) is 5.56 Å². The summed E-state index contributed by atoms with van der Waals surface area (Å²) >= 11 is 6.23. The minimum atomic E-state index is -1.00. The Balaban J connectivity index is 1.79. The quantitative estimate of drug-likeness (QED) is 0.472. The van der Waals surface area contributed by atoms with Crippen LogP contribution < -0.4 is 0 Å². The second kappa shape index (κ2) is 7.90. The number of hydrogen-bond acceptors (Lipinski definition) is 3. The average Bonchev–Trinajstić information content (AvgIpc) is 3.29. The summed E-state index contributed by atoms with van der Waals surface area (Å²) < 4.78 is 3.83. The van der Waals surface area contributed by atoms with Gasteiger partial charge in [0, 0.05) is 41.0 Å². The van der Waals surface area contributed by atoms with Gasteiger partial charge in [0.15, 0.2) is 0 Å². The summed E-state index contributed by atoms with van der Waals surface area (Å²) in [6, 6.07) is 14.2. The van der Waals surface area contributed by atoms with Crippen molar-refractivity contribution in [2.24, 2.45) is 7.05 Å². The second-order valence-electron chi connectivity index (χ2n) is 6.95. The van der Waals surface area contributed by atoms with Crippen LogP contribution in [0.1, 0.15) is 27.0 Å². The molecule has 0 atom stereocenters. The highest BCUT2D eigenvalue weighted by molar-refractivity contribution is 6.31. The molecule has 0 amide bonds. The third-order valence-electron chi connectivity index (χ3n) is 4.85. The number of aromatic nitrogens is 3. The summed E-state index contributed by atoms with van der Waals surface area (Å²) in [7, 11) is 1.87. The Morgan fingerprint density at radius 1 is 1.20 bits per heavy atom. The highest BCUT2D eigenvalue weighted by atomic mass is 35.5. The molecular weight excluding hydrogens is 400 g/mol. The first-order chi connectivity index (χ1) is 14.4. The van der Waals surface area contributed by atoms with E-state index in [0.29, 0.717) is 22.7 Å². The first-order valence-corrected chi connectivity index (χ1v) is 9.54. The Labute approximate surface area is 177 Å². The molecule has 0 aliphatic heterocycles. The van der Waals surface area contributed by atoms with Crippen molar-refractivity contribution >= 4 is 40.1 Å². The molecule has 0 saturated carbocycles. The van der Waals surface area contributed by atoms with E-state index in [9.17, 15) is 10.1 Å². The number of aryl methyl sites for hydroxylation is 1. The molecule has 0 unspecified atom stereocenters. The monoisotopic (exact) mass is 416 g/mol. The molecule has 0 aliphatic rings. The van der Waals surface area contributed by atoms with Crippen molar-refractivity contribution in [1.29, 1.82) is 5.26 Å². The molecule has 0 saturated heterocycles. The molecule has 4 aromatic rings. The van der Waals surface area contributed by atoms with Gasteiger partial charge in [-0.05, 0) is 35.9 Å². The van der Waals surface area contributed by atoms with E-state index < -0.39 is 5.97 Å². The summed E-state index contributed by atoms with van der Waals surface area (Å²) in [6.45, 7) is 0.619. The van der Waals surface area contributed by atoms with Gasteiger partial charge in [0.2, 0.25) is 0 Å². The van der Waals surface area contributed by atoms with Gasteiger partial charge >= 0.3 is 5.97 Å². The highest BCUT2D eigenvalue weighted by Gasteiger charge is 2.11. The summed E-state index contributed by atoms with van der Waals surface area (Å²) in [5.41, 5.74) is 4.17. The van der Waals surface area contributed by atoms with Crippen LogP contribution >= 0.6 is 11.6 Å². The maximum Gasteiger partial charge on any atom is 0.335 e. The topological polar surface area (TPSA) is 83.8 Å². The third kappa shape index (κ3) is 3.84. The molecule has 0 bridgehead atoms. The van der Waals surface area contributed by atoms with Crippen LogP contribution in [0.2, 0.25) is 5.02 Å². The first kappa shape index (κ1) is 19.5. The minimum absolute atomic E-state index is 0.179. The molecule has 4 rings (SSSR count). The predicted molar refractivity (Wildman–Crippen MR) is 116 cm³/mol. The molecule has 0 radical (unpaired) electrons. The predicted octanol–water partition coefficient (Wildman–Crippen LogP) is 4.84. The van der Waals surface area contributed by atoms with Crippen LogP contribution in [-0.2, 0) is 13.6 Å². The number of carboxylic acid groups (broad SMARTS) is 1. The Morgan fingerprint density at radius 3 is 2.57 bits per heavy atom. The number of allylic oxidation sites excluding steroid dienone is 1. The fourth-order valence-corrected chi connectivity index (χ4v) is 3.58. The zero-order chi connectivity index (χ0) is 21.3. The van der Waals surface area contributed by atoms with Gasteiger partial charge < -0.3 is 9.67 Å². The van der Waals surface area contributed by atoms with E-state index in [4.69, 9.17) is 16.7 Å². The number of carboxylic acids is 1. The Hall–Kier alpha value is -3.82. The summed E-state index contributed by atoms with van der Waals surface area (Å²) in [6.07, 6.45) is 7.57. The first-order valence-electron chi connectivity index (χ1n) is 9.16. The Bertz CT molecular complexity index is 1320. The van der Waals surface area contributed by atoms with Gasteiger partial charge in [0.25, 0.3) is 0 Å². The smallest absolute Gasteiger partial charge is 0.335 e. The number of benzene rings is 2. The lowest BCUT2D eigenvalue weighted by molar-refractivity contribution is 0.0697. The Morgan fingerprint density at radius 2 is 1.93 bits per heavy atom. The van der Waals surface area contributed by atoms with Crippen LogP contribution in [0.4, 0.5) is 0 Å². The number of fused-ring (bicyclic) bond motifs is 1. The molecular formula is C23H17ClN4O2. The molecule has 2 aromatic heterocycles. The zero-order valence-electron chi connectivity index (χ0n) is 16.1. The van der Waals surface area contributed by atoms with E-state index >= 15 is 0 Å². The van der Waals surface area contributed by atoms with Crippen LogP contribution in [0.15, 0.2) is 61.1 Å². The van der Waals surface area contributed by atoms with Crippen LogP contribution in [0.3, 0.4) is 0 Å². The molecule has 0 spiro atoms. The molecule has 7 heteroatoms. The molecule has 6 nitrogen and oxygen atoms in total. The average molecular weight is 417 g/mol. The van der Waals surface area contributed by atoms with Crippen molar-refractivity contribution in [1.82, 2.24) is 14.3 Å². The largest absolute Gasteiger partial charge is 0.478 e. The lowest BCUT2D eigenvalue weighted by Gasteiger charge is -2.03. The lowest BCUT2D eigenvalue weighted by Crippen LogP contribution is -1.96. The van der Waals surface area contributed by atoms with Crippen molar-refractivity contribution < 1.29 is 9.90 Å². The number of rotatable bonds is 5. The van der Waals surface area contributed by atoms with Gasteiger partial charge in [0.1, 0.15) is 0 Å². The standard InChI is InChI=1S/C23H17ClN4O2/c1-27-12-15(11-26-27)13-28-14-19(21-7-6-20(24)9-22(21)28)8-18(10-25)16-2-4-17(5-3-16)23(29)30/h2-9,11-12,14H,13H2,1H3,(H,29,30)/b18-8+. The maximum absolute atomic E-state index is 11.1. The van der Waals surface area contributed by atoms with E-state index in [1.54, 1.807) is 16.8 Å². The fraction of sp³-hybridized carbons (Fsp3) is 0.0870. The van der Waals surface area contributed by atoms with E-state index in [0.717, 1.165) is 22.0 Å². The van der Waals surface area contributed by atoms with Crippen molar-refractivity contribution in [3.8, 4) is 6.07 Å². The number of aromatic carboxylic acids is 1. The summed E-state index contributed by atoms with van der Waals surface area (Å²) in [5, 5.41) is 24.6. The molecule has 0 fully saturated rings. The van der Waals surface area contributed by atoms with Crippen molar-refractivity contribution in [3.63, 3.8) is 0 Å². The van der Waals surface area contributed by atoms with Crippen LogP contribution in [-0.4, -0.2) is 25.4 Å². The fourth-order valence-electron chi connectivity index (χ4n) is 3.42. The molecule has 2 aromatic carbocycles. The van der Waals surface area contributed by atoms with Gasteiger partial charge in [0.05, 0.1) is 35.5 Å². The molecule has 2 heterocycles. The SMILES string of the molecule is Cn1cc(Cn2cc(/C=C(\C#N)c3ccc(C(=O)O)cc3)c3ccc(Cl)cc32)cn1. The highest BCUT2D eigenvalue weighted by Crippen LogP contribution is 2.29. The normalized spacial score (nSPS) is 11.6. The van der Waals surface area contributed by atoms with Crippen molar-refractivity contribution in [2.45, 2.75) is 6.54 Å². The third-order valence-corrected chi connectivity index (χ3v) is 5.08. The molecule has 1 N–H and O–H groups in total. The van der Waals surface area contributed by atoms with E-state index in [1.165, 1.54) is 12.1 Å². The van der Waals surface area contributed by atoms with Gasteiger partial charge in [-0.1, -0.05) is 29.8 Å². The Kier molecular flexibility index (Phi) is 5.13. The van der Waals surface area contributed by atoms with Gasteiger partial charge in [-0.25, -0.2) is 4.79 Å². The number of nitriles is 1. The molecule has 148 valence electrons.